The lowest BCUT2D eigenvalue weighted by molar-refractivity contribution is 0.102. The Morgan fingerprint density at radius 1 is 1.11 bits per heavy atom. The molecule has 3 heterocycles. The summed E-state index contributed by atoms with van der Waals surface area (Å²) >= 11 is 10.5. The highest BCUT2D eigenvalue weighted by molar-refractivity contribution is 7.99. The Morgan fingerprint density at radius 3 is 2.61 bits per heavy atom. The standard InChI is InChI=1S/C20H14ClN3OS3/c1-12-19(28-20(22-12)17-3-2-10-26-17)15-8-9-18(24-23-15)27-11-16(25)13-4-6-14(21)7-5-13/h2-10H,11H2,1H3. The zero-order valence-electron chi connectivity index (χ0n) is 14.8. The summed E-state index contributed by atoms with van der Waals surface area (Å²) in [5.41, 5.74) is 2.38. The van der Waals surface area contributed by atoms with E-state index in [4.69, 9.17) is 11.6 Å². The summed E-state index contributed by atoms with van der Waals surface area (Å²) in [4.78, 5) is 19.1. The number of hydrogen-bond donors (Lipinski definition) is 0. The van der Waals surface area contributed by atoms with Crippen molar-refractivity contribution in [2.24, 2.45) is 0 Å². The maximum Gasteiger partial charge on any atom is 0.173 e. The second-order valence-electron chi connectivity index (χ2n) is 5.89. The molecule has 140 valence electrons. The number of benzene rings is 1. The first-order valence-corrected chi connectivity index (χ1v) is 11.4. The molecule has 0 radical (unpaired) electrons. The van der Waals surface area contributed by atoms with Gasteiger partial charge in [-0.05, 0) is 54.8 Å². The number of thiazole rings is 1. The van der Waals surface area contributed by atoms with Crippen LogP contribution in [0.3, 0.4) is 0 Å². The van der Waals surface area contributed by atoms with Gasteiger partial charge in [-0.2, -0.15) is 0 Å². The molecule has 28 heavy (non-hydrogen) atoms. The number of thioether (sulfide) groups is 1. The van der Waals surface area contributed by atoms with Crippen LogP contribution < -0.4 is 0 Å². The normalized spacial score (nSPS) is 10.9. The van der Waals surface area contributed by atoms with Gasteiger partial charge in [0.05, 0.1) is 21.2 Å². The van der Waals surface area contributed by atoms with Crippen LogP contribution in [0.2, 0.25) is 5.02 Å². The highest BCUT2D eigenvalue weighted by Crippen LogP contribution is 2.36. The van der Waals surface area contributed by atoms with Gasteiger partial charge in [0.25, 0.3) is 0 Å². The number of carbonyl (C=O) groups excluding carboxylic acids is 1. The first-order valence-electron chi connectivity index (χ1n) is 8.37. The van der Waals surface area contributed by atoms with Gasteiger partial charge in [0, 0.05) is 10.6 Å². The summed E-state index contributed by atoms with van der Waals surface area (Å²) in [5.74, 6) is 0.337. The number of aryl methyl sites for hydroxylation is 1. The van der Waals surface area contributed by atoms with E-state index < -0.39 is 0 Å². The van der Waals surface area contributed by atoms with E-state index in [1.54, 1.807) is 46.9 Å². The molecule has 0 atom stereocenters. The lowest BCUT2D eigenvalue weighted by Crippen LogP contribution is -2.02. The third-order valence-corrected chi connectivity index (χ3v) is 7.31. The molecule has 0 saturated carbocycles. The Bertz CT molecular complexity index is 1090. The van der Waals surface area contributed by atoms with Crippen molar-refractivity contribution in [3.05, 3.63) is 70.2 Å². The maximum absolute atomic E-state index is 12.3. The number of Topliss-reactive ketones (excluding diaryl/α,β-unsaturated/α-hetero) is 1. The summed E-state index contributed by atoms with van der Waals surface area (Å²) in [5, 5.41) is 13.0. The Labute approximate surface area is 179 Å². The van der Waals surface area contributed by atoms with Crippen molar-refractivity contribution in [2.45, 2.75) is 11.9 Å². The predicted octanol–water partition coefficient (Wildman–Crippen LogP) is 6.27. The Balaban J connectivity index is 1.44. The van der Waals surface area contributed by atoms with Gasteiger partial charge in [-0.25, -0.2) is 4.98 Å². The zero-order valence-corrected chi connectivity index (χ0v) is 18.0. The molecule has 0 saturated heterocycles. The molecule has 0 amide bonds. The summed E-state index contributed by atoms with van der Waals surface area (Å²) in [6.45, 7) is 1.98. The van der Waals surface area contributed by atoms with Crippen LogP contribution >= 0.6 is 46.0 Å². The first kappa shape index (κ1) is 19.3. The number of rotatable bonds is 6. The van der Waals surface area contributed by atoms with Gasteiger partial charge in [0.1, 0.15) is 15.7 Å². The van der Waals surface area contributed by atoms with E-state index in [9.17, 15) is 4.79 Å². The van der Waals surface area contributed by atoms with Crippen molar-refractivity contribution in [3.63, 3.8) is 0 Å². The first-order chi connectivity index (χ1) is 13.6. The molecule has 0 aliphatic rings. The minimum atomic E-state index is 0.0337. The number of thiophene rings is 1. The Morgan fingerprint density at radius 2 is 1.93 bits per heavy atom. The fourth-order valence-corrected chi connectivity index (χ4v) is 5.18. The van der Waals surface area contributed by atoms with Gasteiger partial charge in [0.15, 0.2) is 5.78 Å². The van der Waals surface area contributed by atoms with E-state index in [-0.39, 0.29) is 5.78 Å². The van der Waals surface area contributed by atoms with Gasteiger partial charge in [-0.15, -0.1) is 32.9 Å². The second-order valence-corrected chi connectivity index (χ2v) is 9.27. The SMILES string of the molecule is Cc1nc(-c2cccs2)sc1-c1ccc(SCC(=O)c2ccc(Cl)cc2)nn1. The molecule has 4 aromatic rings. The largest absolute Gasteiger partial charge is 0.293 e. The van der Waals surface area contributed by atoms with Crippen LogP contribution in [0.1, 0.15) is 16.1 Å². The van der Waals surface area contributed by atoms with E-state index in [0.717, 1.165) is 26.1 Å². The number of hydrogen-bond acceptors (Lipinski definition) is 7. The van der Waals surface area contributed by atoms with Crippen LogP contribution in [-0.4, -0.2) is 26.7 Å². The van der Waals surface area contributed by atoms with E-state index in [1.807, 2.05) is 30.5 Å². The molecule has 0 N–H and O–H groups in total. The van der Waals surface area contributed by atoms with Gasteiger partial charge < -0.3 is 0 Å². The summed E-state index contributed by atoms with van der Waals surface area (Å²) < 4.78 is 0. The lowest BCUT2D eigenvalue weighted by Gasteiger charge is -2.02. The average Bonchev–Trinajstić information content (AvgIpc) is 3.37. The third kappa shape index (κ3) is 4.33. The highest BCUT2D eigenvalue weighted by atomic mass is 35.5. The molecular formula is C20H14ClN3OS3. The van der Waals surface area contributed by atoms with E-state index in [2.05, 4.69) is 21.2 Å². The molecule has 4 rings (SSSR count). The van der Waals surface area contributed by atoms with E-state index in [0.29, 0.717) is 21.4 Å². The van der Waals surface area contributed by atoms with E-state index >= 15 is 0 Å². The third-order valence-electron chi connectivity index (χ3n) is 3.92. The number of carbonyl (C=O) groups is 1. The van der Waals surface area contributed by atoms with Gasteiger partial charge >= 0.3 is 0 Å². The molecular weight excluding hydrogens is 430 g/mol. The van der Waals surface area contributed by atoms with Crippen LogP contribution in [0, 0.1) is 6.92 Å². The molecule has 3 aromatic heterocycles. The van der Waals surface area contributed by atoms with Crippen LogP contribution in [0.15, 0.2) is 58.9 Å². The van der Waals surface area contributed by atoms with Gasteiger partial charge in [-0.1, -0.05) is 29.4 Å². The van der Waals surface area contributed by atoms with Crippen LogP contribution in [-0.2, 0) is 0 Å². The monoisotopic (exact) mass is 443 g/mol. The molecule has 0 aliphatic carbocycles. The smallest absolute Gasteiger partial charge is 0.173 e. The molecule has 4 nitrogen and oxygen atoms in total. The molecule has 8 heteroatoms. The van der Waals surface area contributed by atoms with Crippen molar-refractivity contribution >= 4 is 51.8 Å². The summed E-state index contributed by atoms with van der Waals surface area (Å²) in [6, 6.07) is 14.8. The van der Waals surface area contributed by atoms with Crippen molar-refractivity contribution in [3.8, 4) is 20.5 Å². The highest BCUT2D eigenvalue weighted by Gasteiger charge is 2.14. The lowest BCUT2D eigenvalue weighted by atomic mass is 10.1. The number of nitrogens with zero attached hydrogens (tertiary/aromatic N) is 3. The van der Waals surface area contributed by atoms with Crippen molar-refractivity contribution in [1.29, 1.82) is 0 Å². The summed E-state index contributed by atoms with van der Waals surface area (Å²) in [7, 11) is 0. The van der Waals surface area contributed by atoms with Gasteiger partial charge in [0.2, 0.25) is 0 Å². The maximum atomic E-state index is 12.3. The average molecular weight is 444 g/mol. The van der Waals surface area contributed by atoms with E-state index in [1.165, 1.54) is 11.8 Å². The molecule has 0 aliphatic heterocycles. The molecule has 0 bridgehead atoms. The van der Waals surface area contributed by atoms with Crippen molar-refractivity contribution in [1.82, 2.24) is 15.2 Å². The molecule has 0 unspecified atom stereocenters. The van der Waals surface area contributed by atoms with Crippen LogP contribution in [0.25, 0.3) is 20.5 Å². The Hall–Kier alpha value is -2.06. The minimum Gasteiger partial charge on any atom is -0.293 e. The number of halogens is 1. The number of aromatic nitrogens is 3. The quantitative estimate of drug-likeness (QED) is 0.260. The molecule has 0 fully saturated rings. The number of ketones is 1. The predicted molar refractivity (Wildman–Crippen MR) is 118 cm³/mol. The second kappa shape index (κ2) is 8.53. The van der Waals surface area contributed by atoms with Crippen molar-refractivity contribution < 1.29 is 4.79 Å². The summed E-state index contributed by atoms with van der Waals surface area (Å²) in [6.07, 6.45) is 0. The fraction of sp³-hybridized carbons (Fsp3) is 0.100. The Kier molecular flexibility index (Phi) is 5.87. The fourth-order valence-electron chi connectivity index (χ4n) is 2.52. The minimum absolute atomic E-state index is 0.0337. The topological polar surface area (TPSA) is 55.7 Å². The van der Waals surface area contributed by atoms with Crippen LogP contribution in [0.4, 0.5) is 0 Å². The zero-order chi connectivity index (χ0) is 19.5. The van der Waals surface area contributed by atoms with Crippen molar-refractivity contribution in [2.75, 3.05) is 5.75 Å². The molecule has 1 aromatic carbocycles. The van der Waals surface area contributed by atoms with Gasteiger partial charge in [-0.3, -0.25) is 4.79 Å². The van der Waals surface area contributed by atoms with Crippen LogP contribution in [0.5, 0.6) is 0 Å². The molecule has 0 spiro atoms.